The molecule has 0 radical (unpaired) electrons. The molecule has 1 aromatic rings. The number of amidine groups is 1. The molecule has 174 valence electrons. The number of nitrogens with zero attached hydrogens (tertiary/aromatic N) is 2. The third-order valence-corrected chi connectivity index (χ3v) is 7.71. The largest absolute Gasteiger partial charge is 0.382 e. The summed E-state index contributed by atoms with van der Waals surface area (Å²) < 4.78 is 28.8. The number of hydrazone groups is 1. The van der Waals surface area contributed by atoms with Crippen molar-refractivity contribution in [1.82, 2.24) is 20.9 Å². The Morgan fingerprint density at radius 1 is 1.26 bits per heavy atom. The quantitative estimate of drug-likeness (QED) is 0.0832. The van der Waals surface area contributed by atoms with Crippen LogP contribution in [-0.4, -0.2) is 65.6 Å². The zero-order valence-electron chi connectivity index (χ0n) is 17.3. The number of hydrogen-bond donors (Lipinski definition) is 8. The van der Waals surface area contributed by atoms with Crippen molar-refractivity contribution in [3.05, 3.63) is 17.7 Å². The highest BCUT2D eigenvalue weighted by Gasteiger charge is 2.28. The first kappa shape index (κ1) is 24.0. The van der Waals surface area contributed by atoms with Gasteiger partial charge in [-0.1, -0.05) is 0 Å². The molecule has 0 spiro atoms. The minimum atomic E-state index is -1.97. The van der Waals surface area contributed by atoms with E-state index in [1.165, 1.54) is 0 Å². The van der Waals surface area contributed by atoms with E-state index in [-0.39, 0.29) is 22.8 Å². The molecule has 2 fully saturated rings. The Hall–Kier alpha value is -1.65. The lowest BCUT2D eigenvalue weighted by molar-refractivity contribution is 0.533. The highest BCUT2D eigenvalue weighted by Crippen LogP contribution is 2.31. The van der Waals surface area contributed by atoms with E-state index in [1.807, 2.05) is 6.07 Å². The molecular weight excluding hydrogens is 440 g/mol. The third-order valence-electron chi connectivity index (χ3n) is 5.46. The van der Waals surface area contributed by atoms with Gasteiger partial charge in [-0.15, -0.1) is 5.10 Å². The number of rotatable bonds is 8. The Morgan fingerprint density at radius 3 is 2.71 bits per heavy atom. The Labute approximate surface area is 187 Å². The molecule has 0 saturated carbocycles. The van der Waals surface area contributed by atoms with E-state index in [2.05, 4.69) is 30.9 Å². The van der Waals surface area contributed by atoms with Gasteiger partial charge in [0.25, 0.3) is 0 Å². The molecule has 0 aliphatic carbocycles. The summed E-state index contributed by atoms with van der Waals surface area (Å²) in [5, 5.41) is 16.4. The first-order valence-corrected chi connectivity index (χ1v) is 12.5. The van der Waals surface area contributed by atoms with Crippen molar-refractivity contribution in [1.29, 1.82) is 0 Å². The summed E-state index contributed by atoms with van der Waals surface area (Å²) in [7, 11) is -3.60. The van der Waals surface area contributed by atoms with Crippen LogP contribution in [0.25, 0.3) is 0 Å². The van der Waals surface area contributed by atoms with E-state index in [4.69, 9.17) is 22.4 Å². The van der Waals surface area contributed by atoms with Crippen LogP contribution >= 0.6 is 0 Å². The number of nitrogens with two attached hydrogens (primary N) is 4. The number of benzene rings is 1. The predicted molar refractivity (Wildman–Crippen MR) is 124 cm³/mol. The van der Waals surface area contributed by atoms with Crippen LogP contribution in [0.4, 0.5) is 5.69 Å². The normalized spacial score (nSPS) is 24.6. The van der Waals surface area contributed by atoms with Gasteiger partial charge in [-0.3, -0.25) is 0 Å². The van der Waals surface area contributed by atoms with Crippen molar-refractivity contribution in [3.8, 4) is 0 Å². The van der Waals surface area contributed by atoms with Crippen LogP contribution in [0.3, 0.4) is 0 Å². The molecule has 12 nitrogen and oxygen atoms in total. The zero-order valence-corrected chi connectivity index (χ0v) is 18.9. The first-order chi connectivity index (χ1) is 15.0. The van der Waals surface area contributed by atoms with Crippen LogP contribution in [0.15, 0.2) is 27.0 Å². The lowest BCUT2D eigenvalue weighted by Gasteiger charge is -2.27. The van der Waals surface area contributed by atoms with E-state index in [0.29, 0.717) is 42.3 Å². The van der Waals surface area contributed by atoms with Crippen LogP contribution in [0, 0.1) is 0 Å². The van der Waals surface area contributed by atoms with Crippen LogP contribution < -0.4 is 48.2 Å². The summed E-state index contributed by atoms with van der Waals surface area (Å²) in [6, 6.07) is 3.76. The predicted octanol–water partition coefficient (Wildman–Crippen LogP) is -3.15. The molecule has 2 saturated heterocycles. The van der Waals surface area contributed by atoms with Crippen molar-refractivity contribution >= 4 is 33.5 Å². The Morgan fingerprint density at radius 2 is 2.06 bits per heavy atom. The molecule has 4 atom stereocenters. The number of hydrazine groups is 1. The lowest BCUT2D eigenvalue weighted by Crippen LogP contribution is -2.36. The molecule has 4 unspecified atom stereocenters. The lowest BCUT2D eigenvalue weighted by atomic mass is 10.1. The molecule has 31 heavy (non-hydrogen) atoms. The summed E-state index contributed by atoms with van der Waals surface area (Å²) in [6.07, 6.45) is 1.68. The zero-order chi connectivity index (χ0) is 22.4. The second-order valence-corrected chi connectivity index (χ2v) is 9.67. The molecule has 3 rings (SSSR count). The third kappa shape index (κ3) is 5.78. The van der Waals surface area contributed by atoms with Gasteiger partial charge in [0.1, 0.15) is 22.0 Å². The van der Waals surface area contributed by atoms with Gasteiger partial charge in [0.05, 0.1) is 15.4 Å². The molecule has 2 aliphatic heterocycles. The Bertz CT molecular complexity index is 846. The van der Waals surface area contributed by atoms with E-state index in [0.717, 1.165) is 25.9 Å². The van der Waals surface area contributed by atoms with E-state index in [9.17, 15) is 8.42 Å². The molecule has 0 aromatic heterocycles. The smallest absolute Gasteiger partial charge is 0.155 e. The van der Waals surface area contributed by atoms with Gasteiger partial charge in [0, 0.05) is 50.5 Å². The van der Waals surface area contributed by atoms with Gasteiger partial charge in [-0.05, 0) is 31.5 Å². The molecular formula is C17H32N10O2S2. The summed E-state index contributed by atoms with van der Waals surface area (Å²) in [5.41, 5.74) is 15.3. The molecule has 0 amide bonds. The number of hydrogen-bond acceptors (Lipinski definition) is 9. The van der Waals surface area contributed by atoms with Gasteiger partial charge in [0.15, 0.2) is 5.84 Å². The van der Waals surface area contributed by atoms with Crippen molar-refractivity contribution < 1.29 is 8.42 Å². The van der Waals surface area contributed by atoms with E-state index in [1.54, 1.807) is 6.07 Å². The summed E-state index contributed by atoms with van der Waals surface area (Å²) in [4.78, 5) is 2.60. The molecule has 14 heteroatoms. The SMILES string of the molecule is NCC1CCN(c2ccc(S(=O)NC3CCNC3)c(S(N)=O)c2/C(N)=N/NN)CCN1. The van der Waals surface area contributed by atoms with Crippen molar-refractivity contribution in [2.45, 2.75) is 34.7 Å². The maximum atomic E-state index is 13.1. The minimum absolute atomic E-state index is 0.0141. The highest BCUT2D eigenvalue weighted by atomic mass is 32.2. The Balaban J connectivity index is 2.04. The number of anilines is 1. The molecule has 2 heterocycles. The monoisotopic (exact) mass is 472 g/mol. The second kappa shape index (κ2) is 11.3. The van der Waals surface area contributed by atoms with Crippen LogP contribution in [0.2, 0.25) is 0 Å². The van der Waals surface area contributed by atoms with Gasteiger partial charge in [0.2, 0.25) is 0 Å². The van der Waals surface area contributed by atoms with E-state index < -0.39 is 22.0 Å². The standard InChI is InChI=1S/C17H32N10O2S2/c18-9-11-4-7-27(8-6-23-11)13-1-2-14(31(29)25-12-3-5-22-10-12)16(30(21)28)15(13)17(19)24-26-20/h1-2,11-12,22-23,25-26H,3-10,18,20-21H2,(H2,19,24). The van der Waals surface area contributed by atoms with Gasteiger partial charge in [-0.25, -0.2) is 29.7 Å². The average Bonchev–Trinajstić information content (AvgIpc) is 3.14. The molecule has 2 aliphatic rings. The van der Waals surface area contributed by atoms with Gasteiger partial charge < -0.3 is 27.0 Å². The summed E-state index contributed by atoms with van der Waals surface area (Å²) in [5.74, 6) is 5.36. The van der Waals surface area contributed by atoms with Crippen LogP contribution in [0.5, 0.6) is 0 Å². The summed E-state index contributed by atoms with van der Waals surface area (Å²) in [6.45, 7) is 4.20. The average molecular weight is 473 g/mol. The first-order valence-electron chi connectivity index (χ1n) is 10.2. The fourth-order valence-electron chi connectivity index (χ4n) is 3.88. The summed E-state index contributed by atoms with van der Waals surface area (Å²) >= 11 is 0. The fraction of sp³-hybridized carbons (Fsp3) is 0.588. The van der Waals surface area contributed by atoms with Gasteiger partial charge in [-0.2, -0.15) is 0 Å². The molecule has 1 aromatic carbocycles. The van der Waals surface area contributed by atoms with E-state index >= 15 is 0 Å². The van der Waals surface area contributed by atoms with Crippen molar-refractivity contribution in [2.75, 3.05) is 44.2 Å². The highest BCUT2D eigenvalue weighted by molar-refractivity contribution is 7.86. The maximum Gasteiger partial charge on any atom is 0.155 e. The van der Waals surface area contributed by atoms with Gasteiger partial charge >= 0.3 is 0 Å². The minimum Gasteiger partial charge on any atom is -0.382 e. The fourth-order valence-corrected chi connectivity index (χ4v) is 6.12. The molecule has 0 bridgehead atoms. The van der Waals surface area contributed by atoms with Crippen molar-refractivity contribution in [2.24, 2.45) is 27.6 Å². The van der Waals surface area contributed by atoms with Crippen LogP contribution in [0.1, 0.15) is 18.4 Å². The molecule has 12 N–H and O–H groups in total. The maximum absolute atomic E-state index is 13.1. The topological polar surface area (TPSA) is 202 Å². The van der Waals surface area contributed by atoms with Crippen molar-refractivity contribution in [3.63, 3.8) is 0 Å². The van der Waals surface area contributed by atoms with Crippen LogP contribution in [-0.2, 0) is 22.0 Å². The Kier molecular flexibility index (Phi) is 8.74. The second-order valence-electron chi connectivity index (χ2n) is 7.45. The number of nitrogens with one attached hydrogen (secondary N) is 4.